The molecule has 0 aliphatic carbocycles. The fourth-order valence-corrected chi connectivity index (χ4v) is 2.94. The Morgan fingerprint density at radius 2 is 0.721 bits per heavy atom. The van der Waals surface area contributed by atoms with Crippen molar-refractivity contribution in [1.82, 2.24) is 0 Å². The average molecular weight is 625 g/mol. The van der Waals surface area contributed by atoms with Crippen LogP contribution < -0.4 is 0 Å². The molecule has 14 nitrogen and oxygen atoms in total. The number of esters is 1. The third-order valence-electron chi connectivity index (χ3n) is 5.05. The van der Waals surface area contributed by atoms with Crippen molar-refractivity contribution in [2.45, 2.75) is 25.7 Å². The SMILES string of the molecule is C#CCOCCOCCOCCOCCOCCOCCOCCOCCOCCOCCOC(=O)CCCCC(=O)O. The summed E-state index contributed by atoms with van der Waals surface area (Å²) in [6.45, 7) is 9.27. The number of carboxylic acids is 1. The molecule has 0 saturated carbocycles. The van der Waals surface area contributed by atoms with Crippen molar-refractivity contribution in [2.24, 2.45) is 0 Å². The first-order valence-corrected chi connectivity index (χ1v) is 14.7. The van der Waals surface area contributed by atoms with Crippen molar-refractivity contribution in [3.05, 3.63) is 0 Å². The molecule has 0 saturated heterocycles. The van der Waals surface area contributed by atoms with E-state index in [4.69, 9.17) is 63.6 Å². The van der Waals surface area contributed by atoms with Gasteiger partial charge in [-0.05, 0) is 12.8 Å². The lowest BCUT2D eigenvalue weighted by Crippen LogP contribution is -2.15. The van der Waals surface area contributed by atoms with Gasteiger partial charge in [0.1, 0.15) is 13.2 Å². The molecule has 43 heavy (non-hydrogen) atoms. The summed E-state index contributed by atoms with van der Waals surface area (Å²) in [6, 6.07) is 0. The van der Waals surface area contributed by atoms with E-state index in [9.17, 15) is 9.59 Å². The van der Waals surface area contributed by atoms with Crippen molar-refractivity contribution in [3.8, 4) is 12.3 Å². The number of hydrogen-bond donors (Lipinski definition) is 1. The Hall–Kier alpha value is -1.90. The van der Waals surface area contributed by atoms with E-state index in [-0.39, 0.29) is 32.0 Å². The largest absolute Gasteiger partial charge is 0.481 e. The number of aliphatic carboxylic acids is 1. The van der Waals surface area contributed by atoms with E-state index in [1.165, 1.54) is 0 Å². The first-order valence-electron chi connectivity index (χ1n) is 14.7. The van der Waals surface area contributed by atoms with E-state index in [1.54, 1.807) is 0 Å². The van der Waals surface area contributed by atoms with Gasteiger partial charge >= 0.3 is 11.9 Å². The van der Waals surface area contributed by atoms with Gasteiger partial charge in [-0.2, -0.15) is 0 Å². The van der Waals surface area contributed by atoms with Crippen molar-refractivity contribution in [1.29, 1.82) is 0 Å². The van der Waals surface area contributed by atoms with Crippen LogP contribution in [0, 0.1) is 12.3 Å². The van der Waals surface area contributed by atoms with Crippen LogP contribution in [0.5, 0.6) is 0 Å². The second-order valence-electron chi connectivity index (χ2n) is 8.59. The summed E-state index contributed by atoms with van der Waals surface area (Å²) < 4.78 is 58.7. The quantitative estimate of drug-likeness (QED) is 0.0598. The molecule has 0 radical (unpaired) electrons. The number of carboxylic acid groups (broad SMARTS) is 1. The number of unbranched alkanes of at least 4 members (excludes halogenated alkanes) is 1. The summed E-state index contributed by atoms with van der Waals surface area (Å²) >= 11 is 0. The molecule has 0 amide bonds. The predicted octanol–water partition coefficient (Wildman–Crippen LogP) is 0.974. The first kappa shape index (κ1) is 41.1. The van der Waals surface area contributed by atoms with Gasteiger partial charge in [0.25, 0.3) is 0 Å². The predicted molar refractivity (Wildman–Crippen MR) is 154 cm³/mol. The number of rotatable bonds is 36. The zero-order valence-corrected chi connectivity index (χ0v) is 25.5. The molecule has 0 atom stereocenters. The minimum Gasteiger partial charge on any atom is -0.481 e. The van der Waals surface area contributed by atoms with Gasteiger partial charge in [-0.3, -0.25) is 9.59 Å². The number of ether oxygens (including phenoxy) is 11. The van der Waals surface area contributed by atoms with E-state index in [0.717, 1.165) is 0 Å². The zero-order chi connectivity index (χ0) is 31.3. The third-order valence-corrected chi connectivity index (χ3v) is 5.05. The molecule has 0 heterocycles. The van der Waals surface area contributed by atoms with Crippen LogP contribution in [0.25, 0.3) is 0 Å². The lowest BCUT2D eigenvalue weighted by atomic mass is 10.2. The summed E-state index contributed by atoms with van der Waals surface area (Å²) in [7, 11) is 0. The monoisotopic (exact) mass is 624 g/mol. The van der Waals surface area contributed by atoms with Crippen LogP contribution in [0.1, 0.15) is 25.7 Å². The maximum absolute atomic E-state index is 11.5. The van der Waals surface area contributed by atoms with Gasteiger partial charge in [-0.25, -0.2) is 0 Å². The summed E-state index contributed by atoms with van der Waals surface area (Å²) in [5, 5.41) is 8.54. The second kappa shape index (κ2) is 36.3. The molecular weight excluding hydrogens is 572 g/mol. The Kier molecular flexibility index (Phi) is 34.7. The highest BCUT2D eigenvalue weighted by atomic mass is 16.6. The molecule has 0 aliphatic rings. The summed E-state index contributed by atoms with van der Waals surface area (Å²) in [5.41, 5.74) is 0. The molecule has 1 N–H and O–H groups in total. The highest BCUT2D eigenvalue weighted by molar-refractivity contribution is 5.69. The zero-order valence-electron chi connectivity index (χ0n) is 25.5. The smallest absolute Gasteiger partial charge is 0.305 e. The second-order valence-corrected chi connectivity index (χ2v) is 8.59. The van der Waals surface area contributed by atoms with E-state index < -0.39 is 5.97 Å². The highest BCUT2D eigenvalue weighted by Crippen LogP contribution is 2.01. The molecule has 0 aliphatic heterocycles. The van der Waals surface area contributed by atoms with Crippen molar-refractivity contribution < 1.29 is 66.8 Å². The summed E-state index contributed by atoms with van der Waals surface area (Å²) in [6.07, 6.45) is 6.31. The Morgan fingerprint density at radius 1 is 0.442 bits per heavy atom. The molecule has 0 aromatic heterocycles. The average Bonchev–Trinajstić information content (AvgIpc) is 2.99. The van der Waals surface area contributed by atoms with Crippen molar-refractivity contribution >= 4 is 11.9 Å². The van der Waals surface area contributed by atoms with Crippen LogP contribution in [-0.2, 0) is 61.7 Å². The molecule has 0 rings (SSSR count). The Morgan fingerprint density at radius 3 is 1.02 bits per heavy atom. The van der Waals surface area contributed by atoms with Gasteiger partial charge in [0.05, 0.1) is 126 Å². The lowest BCUT2D eigenvalue weighted by Gasteiger charge is -2.09. The van der Waals surface area contributed by atoms with Crippen molar-refractivity contribution in [2.75, 3.05) is 139 Å². The fraction of sp³-hybridized carbons (Fsp3) is 0.862. The molecule has 14 heteroatoms. The fourth-order valence-electron chi connectivity index (χ4n) is 2.94. The third kappa shape index (κ3) is 38.1. The van der Waals surface area contributed by atoms with E-state index in [1.807, 2.05) is 0 Å². The Bertz CT molecular complexity index is 643. The topological polar surface area (TPSA) is 156 Å². The minimum atomic E-state index is -0.863. The molecule has 0 aromatic carbocycles. The maximum atomic E-state index is 11.5. The molecule has 0 spiro atoms. The van der Waals surface area contributed by atoms with E-state index in [2.05, 4.69) is 5.92 Å². The number of hydrogen-bond acceptors (Lipinski definition) is 13. The number of carbonyl (C=O) groups excluding carboxylic acids is 1. The van der Waals surface area contributed by atoms with Gasteiger partial charge in [0.2, 0.25) is 0 Å². The molecule has 0 aromatic rings. The molecule has 0 bridgehead atoms. The first-order chi connectivity index (χ1) is 21.2. The van der Waals surface area contributed by atoms with Crippen LogP contribution in [0.15, 0.2) is 0 Å². The summed E-state index contributed by atoms with van der Waals surface area (Å²) in [5.74, 6) is 1.18. The van der Waals surface area contributed by atoms with Crippen LogP contribution in [0.4, 0.5) is 0 Å². The van der Waals surface area contributed by atoms with E-state index in [0.29, 0.717) is 138 Å². The van der Waals surface area contributed by atoms with Crippen LogP contribution in [0.3, 0.4) is 0 Å². The Balaban J connectivity index is 3.09. The highest BCUT2D eigenvalue weighted by Gasteiger charge is 2.04. The maximum Gasteiger partial charge on any atom is 0.305 e. The molecule has 0 fully saturated rings. The lowest BCUT2D eigenvalue weighted by molar-refractivity contribution is -0.146. The van der Waals surface area contributed by atoms with Crippen LogP contribution >= 0.6 is 0 Å². The summed E-state index contributed by atoms with van der Waals surface area (Å²) in [4.78, 5) is 21.9. The van der Waals surface area contributed by atoms with Gasteiger partial charge in [0.15, 0.2) is 0 Å². The van der Waals surface area contributed by atoms with Crippen molar-refractivity contribution in [3.63, 3.8) is 0 Å². The van der Waals surface area contributed by atoms with Gasteiger partial charge < -0.3 is 57.2 Å². The molecule has 252 valence electrons. The normalized spacial score (nSPS) is 11.0. The number of carbonyl (C=O) groups is 2. The molecule has 0 unspecified atom stereocenters. The van der Waals surface area contributed by atoms with Crippen LogP contribution in [0.2, 0.25) is 0 Å². The van der Waals surface area contributed by atoms with Gasteiger partial charge in [-0.15, -0.1) is 6.42 Å². The molecular formula is C29H52O14. The van der Waals surface area contributed by atoms with Gasteiger partial charge in [-0.1, -0.05) is 5.92 Å². The van der Waals surface area contributed by atoms with Crippen LogP contribution in [-0.4, -0.2) is 156 Å². The number of terminal acetylenes is 1. The van der Waals surface area contributed by atoms with Gasteiger partial charge in [0, 0.05) is 12.8 Å². The standard InChI is InChI=1S/C29H52O14/c1-2-7-33-8-9-34-10-11-35-12-13-36-14-15-37-16-17-38-18-19-39-20-21-40-22-23-41-24-25-42-26-27-43-29(32)6-4-3-5-28(30)31/h1H,3-27H2,(H,30,31). The minimum absolute atomic E-state index is 0.0599. The Labute approximate surface area is 255 Å². The van der Waals surface area contributed by atoms with E-state index >= 15 is 0 Å².